The zero-order valence-corrected chi connectivity index (χ0v) is 24.4. The van der Waals surface area contributed by atoms with Crippen LogP contribution in [0.15, 0.2) is 62.7 Å². The molecule has 0 fully saturated rings. The number of carbonyl (C=O) groups is 2. The first-order chi connectivity index (χ1) is 18.2. The number of benzene rings is 2. The van der Waals surface area contributed by atoms with E-state index in [1.54, 1.807) is 6.92 Å². The molecule has 2 aromatic rings. The van der Waals surface area contributed by atoms with Crippen LogP contribution in [0.5, 0.6) is 11.5 Å². The summed E-state index contributed by atoms with van der Waals surface area (Å²) in [5, 5.41) is 5.58. The molecule has 200 valence electrons. The van der Waals surface area contributed by atoms with Crippen LogP contribution >= 0.6 is 27.7 Å². The first-order valence-corrected chi connectivity index (χ1v) is 13.9. The molecule has 0 aromatic heterocycles. The lowest BCUT2D eigenvalue weighted by Gasteiger charge is -2.33. The molecule has 0 unspecified atom stereocenters. The van der Waals surface area contributed by atoms with Gasteiger partial charge in [-0.05, 0) is 96.9 Å². The molecule has 0 saturated carbocycles. The van der Waals surface area contributed by atoms with Crippen molar-refractivity contribution in [3.05, 3.63) is 74.4 Å². The number of aliphatic imine (C=N–C) groups is 1. The van der Waals surface area contributed by atoms with Crippen LogP contribution in [0.3, 0.4) is 0 Å². The Hall–Kier alpha value is -3.24. The van der Waals surface area contributed by atoms with E-state index in [9.17, 15) is 9.59 Å². The van der Waals surface area contributed by atoms with Crippen LogP contribution in [0.25, 0.3) is 0 Å². The number of hydrogen-bond acceptors (Lipinski definition) is 8. The number of fused-ring (bicyclic) bond motifs is 1. The standard InChI is InChI=1S/C28H30BrN3O5S/c1-6-35-22-14-19(25-24(27(34)36-7-2)18(5)30-28-32(25)8-9-38-28)13-21(29)26(22)37-15-23(33)31-20-11-16(3)10-17(4)12-20/h8-14,25H,6-7,15H2,1-5H3,(H,31,33)/t25-/m1/s1. The fourth-order valence-electron chi connectivity index (χ4n) is 4.43. The quantitative estimate of drug-likeness (QED) is 0.341. The van der Waals surface area contributed by atoms with E-state index in [-0.39, 0.29) is 19.1 Å². The lowest BCUT2D eigenvalue weighted by atomic mass is 9.94. The highest BCUT2D eigenvalue weighted by molar-refractivity contribution is 9.10. The molecule has 4 rings (SSSR count). The van der Waals surface area contributed by atoms with E-state index in [4.69, 9.17) is 14.2 Å². The molecule has 2 aliphatic heterocycles. The van der Waals surface area contributed by atoms with E-state index >= 15 is 0 Å². The van der Waals surface area contributed by atoms with Crippen LogP contribution in [0.1, 0.15) is 43.5 Å². The number of esters is 1. The minimum atomic E-state index is -0.467. The molecule has 0 radical (unpaired) electrons. The van der Waals surface area contributed by atoms with E-state index in [1.165, 1.54) is 11.8 Å². The molecule has 10 heteroatoms. The number of allylic oxidation sites excluding steroid dienone is 1. The smallest absolute Gasteiger partial charge is 0.338 e. The lowest BCUT2D eigenvalue weighted by molar-refractivity contribution is -0.139. The van der Waals surface area contributed by atoms with Crippen LogP contribution < -0.4 is 14.8 Å². The number of carbonyl (C=O) groups excluding carboxylic acids is 2. The molecule has 0 aliphatic carbocycles. The van der Waals surface area contributed by atoms with Gasteiger partial charge in [-0.2, -0.15) is 0 Å². The second-order valence-corrected chi connectivity index (χ2v) is 10.5. The largest absolute Gasteiger partial charge is 0.490 e. The highest BCUT2D eigenvalue weighted by Crippen LogP contribution is 2.45. The van der Waals surface area contributed by atoms with Gasteiger partial charge in [0, 0.05) is 11.9 Å². The number of halogens is 1. The Morgan fingerprint density at radius 2 is 1.79 bits per heavy atom. The topological polar surface area (TPSA) is 89.5 Å². The number of amidine groups is 1. The molecule has 1 atom stereocenters. The van der Waals surface area contributed by atoms with Gasteiger partial charge in [0.25, 0.3) is 5.91 Å². The molecule has 2 aromatic carbocycles. The van der Waals surface area contributed by atoms with Gasteiger partial charge in [0.05, 0.1) is 35.0 Å². The van der Waals surface area contributed by atoms with Gasteiger partial charge in [0.2, 0.25) is 0 Å². The van der Waals surface area contributed by atoms with Gasteiger partial charge in [-0.15, -0.1) is 0 Å². The third-order valence-electron chi connectivity index (χ3n) is 5.82. The normalized spacial score (nSPS) is 16.2. The van der Waals surface area contributed by atoms with E-state index < -0.39 is 12.0 Å². The Morgan fingerprint density at radius 1 is 1.05 bits per heavy atom. The highest BCUT2D eigenvalue weighted by Gasteiger charge is 2.38. The Morgan fingerprint density at radius 3 is 2.47 bits per heavy atom. The summed E-state index contributed by atoms with van der Waals surface area (Å²) in [6, 6.07) is 9.10. The number of hydrogen-bond donors (Lipinski definition) is 1. The number of amides is 1. The second-order valence-electron chi connectivity index (χ2n) is 8.80. The van der Waals surface area contributed by atoms with Crippen molar-refractivity contribution in [3.8, 4) is 11.5 Å². The van der Waals surface area contributed by atoms with Crippen LogP contribution in [-0.2, 0) is 14.3 Å². The number of anilines is 1. The summed E-state index contributed by atoms with van der Waals surface area (Å²) in [6.45, 7) is 9.86. The van der Waals surface area contributed by atoms with Crippen LogP contribution in [-0.4, -0.2) is 41.8 Å². The summed E-state index contributed by atoms with van der Waals surface area (Å²) in [4.78, 5) is 32.2. The van der Waals surface area contributed by atoms with Gasteiger partial charge in [0.1, 0.15) is 0 Å². The second kappa shape index (κ2) is 12.1. The molecule has 38 heavy (non-hydrogen) atoms. The summed E-state index contributed by atoms with van der Waals surface area (Å²) in [6.07, 6.45) is 1.90. The minimum Gasteiger partial charge on any atom is -0.490 e. The number of ether oxygens (including phenoxy) is 3. The van der Waals surface area contributed by atoms with E-state index in [2.05, 4.69) is 26.2 Å². The Labute approximate surface area is 235 Å². The van der Waals surface area contributed by atoms with Crippen molar-refractivity contribution in [2.45, 2.75) is 40.7 Å². The average molecular weight is 601 g/mol. The summed E-state index contributed by atoms with van der Waals surface area (Å²) in [5.41, 5.74) is 4.69. The molecule has 0 saturated heterocycles. The summed E-state index contributed by atoms with van der Waals surface area (Å²) >= 11 is 5.09. The maximum Gasteiger partial charge on any atom is 0.338 e. The number of rotatable bonds is 9. The van der Waals surface area contributed by atoms with Gasteiger partial charge in [-0.25, -0.2) is 9.79 Å². The van der Waals surface area contributed by atoms with Crippen molar-refractivity contribution in [3.63, 3.8) is 0 Å². The first kappa shape index (κ1) is 27.8. The predicted molar refractivity (Wildman–Crippen MR) is 153 cm³/mol. The van der Waals surface area contributed by atoms with Crippen LogP contribution in [0.4, 0.5) is 5.69 Å². The van der Waals surface area contributed by atoms with Crippen molar-refractivity contribution in [2.24, 2.45) is 4.99 Å². The molecule has 0 spiro atoms. The summed E-state index contributed by atoms with van der Waals surface area (Å²) < 4.78 is 17.8. The zero-order valence-electron chi connectivity index (χ0n) is 22.0. The summed E-state index contributed by atoms with van der Waals surface area (Å²) in [7, 11) is 0. The Balaban J connectivity index is 1.63. The molecule has 2 aliphatic rings. The molecule has 8 nitrogen and oxygen atoms in total. The lowest BCUT2D eigenvalue weighted by Crippen LogP contribution is -2.34. The number of thioether (sulfide) groups is 1. The average Bonchev–Trinajstić information content (AvgIpc) is 3.30. The maximum atomic E-state index is 13.0. The molecular formula is C28H30BrN3O5S. The van der Waals surface area contributed by atoms with Gasteiger partial charge >= 0.3 is 5.97 Å². The fraction of sp³-hybridized carbons (Fsp3) is 0.321. The van der Waals surface area contributed by atoms with Crippen LogP contribution in [0.2, 0.25) is 0 Å². The fourth-order valence-corrected chi connectivity index (χ4v) is 5.79. The Bertz CT molecular complexity index is 1330. The molecule has 1 amide bonds. The van der Waals surface area contributed by atoms with Crippen molar-refractivity contribution < 1.29 is 23.8 Å². The molecular weight excluding hydrogens is 570 g/mol. The van der Waals surface area contributed by atoms with Gasteiger partial charge in [-0.1, -0.05) is 17.8 Å². The van der Waals surface area contributed by atoms with Gasteiger partial charge in [-0.3, -0.25) is 4.79 Å². The number of aryl methyl sites for hydroxylation is 2. The van der Waals surface area contributed by atoms with Gasteiger partial charge < -0.3 is 24.4 Å². The number of nitrogens with one attached hydrogen (secondary N) is 1. The molecule has 2 heterocycles. The van der Waals surface area contributed by atoms with Gasteiger partial charge in [0.15, 0.2) is 23.3 Å². The van der Waals surface area contributed by atoms with E-state index in [0.29, 0.717) is 33.8 Å². The third kappa shape index (κ3) is 6.07. The monoisotopic (exact) mass is 599 g/mol. The first-order valence-electron chi connectivity index (χ1n) is 12.3. The minimum absolute atomic E-state index is 0.205. The third-order valence-corrected chi connectivity index (χ3v) is 7.18. The zero-order chi connectivity index (χ0) is 27.4. The van der Waals surface area contributed by atoms with Crippen molar-refractivity contribution in [1.82, 2.24) is 4.90 Å². The Kier molecular flexibility index (Phi) is 8.83. The highest BCUT2D eigenvalue weighted by atomic mass is 79.9. The number of nitrogens with zero attached hydrogens (tertiary/aromatic N) is 2. The molecule has 1 N–H and O–H groups in total. The SMILES string of the molecule is CCOC(=O)C1=C(C)N=C2SC=CN2[C@@H]1c1cc(Br)c(OCC(=O)Nc2cc(C)cc(C)c2)c(OCC)c1. The van der Waals surface area contributed by atoms with Crippen LogP contribution in [0, 0.1) is 13.8 Å². The van der Waals surface area contributed by atoms with Crippen molar-refractivity contribution >= 4 is 50.4 Å². The predicted octanol–water partition coefficient (Wildman–Crippen LogP) is 6.25. The summed E-state index contributed by atoms with van der Waals surface area (Å²) in [5.74, 6) is 0.155. The maximum absolute atomic E-state index is 13.0. The molecule has 0 bridgehead atoms. The van der Waals surface area contributed by atoms with E-state index in [0.717, 1.165) is 27.5 Å². The van der Waals surface area contributed by atoms with Crippen molar-refractivity contribution in [1.29, 1.82) is 0 Å². The van der Waals surface area contributed by atoms with Crippen molar-refractivity contribution in [2.75, 3.05) is 25.1 Å². The van der Waals surface area contributed by atoms with E-state index in [1.807, 2.05) is 74.5 Å².